The zero-order chi connectivity index (χ0) is 28.0. The predicted molar refractivity (Wildman–Crippen MR) is 142 cm³/mol. The Hall–Kier alpha value is -2.90. The molecule has 2 rings (SSSR count). The molecule has 0 aromatic heterocycles. The number of rotatable bonds is 11. The quantitative estimate of drug-likeness (QED) is 0.208. The minimum Gasteiger partial charge on any atom is -0.475 e. The molecule has 0 spiro atoms. The predicted octanol–water partition coefficient (Wildman–Crippen LogP) is 3.68. The number of alkyl halides is 3. The third-order valence-electron chi connectivity index (χ3n) is 4.80. The fourth-order valence-corrected chi connectivity index (χ4v) is 3.49. The number of thiol groups is 1. The number of hydrogen-bond acceptors (Lipinski definition) is 8. The monoisotopic (exact) mass is 561 g/mol. The van der Waals surface area contributed by atoms with E-state index in [-0.39, 0.29) is 11.9 Å². The lowest BCUT2D eigenvalue weighted by Crippen LogP contribution is -2.42. The highest BCUT2D eigenvalue weighted by Crippen LogP contribution is 2.27. The van der Waals surface area contributed by atoms with Gasteiger partial charge in [0.15, 0.2) is 0 Å². The van der Waals surface area contributed by atoms with E-state index in [4.69, 9.17) is 20.4 Å². The minimum absolute atomic E-state index is 0.0752. The molecule has 0 fully saturated rings. The van der Waals surface area contributed by atoms with Gasteiger partial charge in [0.2, 0.25) is 0 Å². The lowest BCUT2D eigenvalue weighted by Gasteiger charge is -2.19. The summed E-state index contributed by atoms with van der Waals surface area (Å²) in [6.45, 7) is 0.572. The molecule has 0 heterocycles. The number of nitrogens with two attached hydrogens (primary N) is 1. The Kier molecular flexibility index (Phi) is 13.9. The maximum atomic E-state index is 13.1. The molecular weight excluding hydrogens is 531 g/mol. The molecule has 2 atom stereocenters. The Morgan fingerprint density at radius 1 is 1.16 bits per heavy atom. The molecule has 2 aromatic carbocycles. The number of esters is 1. The maximum Gasteiger partial charge on any atom is 0.490 e. The van der Waals surface area contributed by atoms with E-state index in [2.05, 4.69) is 23.3 Å². The second-order valence-corrected chi connectivity index (χ2v) is 8.93. The molecule has 8 nitrogen and oxygen atoms in total. The maximum absolute atomic E-state index is 13.1. The van der Waals surface area contributed by atoms with Crippen LogP contribution < -0.4 is 16.4 Å². The number of anilines is 1. The highest BCUT2D eigenvalue weighted by molar-refractivity contribution is 7.98. The van der Waals surface area contributed by atoms with E-state index in [0.717, 1.165) is 22.6 Å². The first-order valence-corrected chi connectivity index (χ1v) is 12.9. The van der Waals surface area contributed by atoms with Crippen LogP contribution in [-0.4, -0.2) is 72.6 Å². The average molecular weight is 562 g/mol. The molecule has 1 amide bonds. The molecule has 37 heavy (non-hydrogen) atoms. The average Bonchev–Trinajstić information content (AvgIpc) is 2.89. The molecule has 5 N–H and O–H groups in total. The molecule has 0 saturated carbocycles. The number of methoxy groups -OCH3 is 1. The number of nitrogens with one attached hydrogen (secondary N) is 2. The van der Waals surface area contributed by atoms with Crippen LogP contribution in [0, 0.1) is 0 Å². The van der Waals surface area contributed by atoms with Gasteiger partial charge in [-0.3, -0.25) is 4.79 Å². The molecule has 204 valence electrons. The van der Waals surface area contributed by atoms with E-state index in [1.807, 2.05) is 48.7 Å². The first kappa shape index (κ1) is 32.1. The smallest absolute Gasteiger partial charge is 0.475 e. The van der Waals surface area contributed by atoms with Crippen LogP contribution in [-0.2, 0) is 14.3 Å². The highest BCUT2D eigenvalue weighted by Gasteiger charge is 2.38. The van der Waals surface area contributed by atoms with Gasteiger partial charge in [-0.25, -0.2) is 9.59 Å². The van der Waals surface area contributed by atoms with E-state index in [1.54, 1.807) is 17.8 Å². The zero-order valence-corrected chi connectivity index (χ0v) is 22.0. The third-order valence-corrected chi connectivity index (χ3v) is 5.91. The Morgan fingerprint density at radius 3 is 2.30 bits per heavy atom. The van der Waals surface area contributed by atoms with Crippen LogP contribution >= 0.6 is 24.4 Å². The van der Waals surface area contributed by atoms with Gasteiger partial charge in [-0.2, -0.15) is 37.6 Å². The summed E-state index contributed by atoms with van der Waals surface area (Å²) < 4.78 is 36.6. The summed E-state index contributed by atoms with van der Waals surface area (Å²) in [5, 5.41) is 13.2. The van der Waals surface area contributed by atoms with Crippen molar-refractivity contribution >= 4 is 47.9 Å². The van der Waals surface area contributed by atoms with Gasteiger partial charge in [-0.15, -0.1) is 0 Å². The third kappa shape index (κ3) is 11.4. The number of carboxylic acids is 1. The SMILES string of the molecule is COC(=O)C(CCSC)NC(=O)c1ccc(NCC(N)CS)cc1-c1ccccc1.O=C(O)C(F)(F)F. The van der Waals surface area contributed by atoms with E-state index in [0.29, 0.717) is 24.3 Å². The summed E-state index contributed by atoms with van der Waals surface area (Å²) in [5.41, 5.74) is 8.96. The van der Waals surface area contributed by atoms with E-state index >= 15 is 0 Å². The van der Waals surface area contributed by atoms with Crippen LogP contribution in [0.4, 0.5) is 18.9 Å². The topological polar surface area (TPSA) is 131 Å². The van der Waals surface area contributed by atoms with Crippen LogP contribution in [0.2, 0.25) is 0 Å². The number of carboxylic acid groups (broad SMARTS) is 1. The molecule has 0 bridgehead atoms. The van der Waals surface area contributed by atoms with Gasteiger partial charge < -0.3 is 26.2 Å². The van der Waals surface area contributed by atoms with E-state index < -0.39 is 24.2 Å². The summed E-state index contributed by atoms with van der Waals surface area (Å²) >= 11 is 5.82. The summed E-state index contributed by atoms with van der Waals surface area (Å²) in [6.07, 6.45) is -2.63. The van der Waals surface area contributed by atoms with Crippen molar-refractivity contribution in [1.82, 2.24) is 5.32 Å². The molecule has 2 unspecified atom stereocenters. The van der Waals surface area contributed by atoms with Gasteiger partial charge in [0, 0.05) is 29.6 Å². The van der Waals surface area contributed by atoms with Gasteiger partial charge in [-0.05, 0) is 47.8 Å². The van der Waals surface area contributed by atoms with Crippen molar-refractivity contribution in [3.8, 4) is 11.1 Å². The number of thioether (sulfide) groups is 1. The second kappa shape index (κ2) is 16.0. The van der Waals surface area contributed by atoms with Gasteiger partial charge in [0.1, 0.15) is 6.04 Å². The molecule has 0 aliphatic rings. The molecular formula is C24H30F3N3O5S2. The normalized spacial score (nSPS) is 12.4. The molecule has 0 saturated heterocycles. The molecule has 2 aromatic rings. The molecule has 0 aliphatic heterocycles. The lowest BCUT2D eigenvalue weighted by atomic mass is 9.98. The summed E-state index contributed by atoms with van der Waals surface area (Å²) in [6, 6.07) is 14.4. The van der Waals surface area contributed by atoms with Gasteiger partial charge in [-0.1, -0.05) is 30.3 Å². The summed E-state index contributed by atoms with van der Waals surface area (Å²) in [7, 11) is 1.33. The number of carbonyl (C=O) groups is 3. The number of carbonyl (C=O) groups excluding carboxylic acids is 2. The summed E-state index contributed by atoms with van der Waals surface area (Å²) in [5.74, 6) is -2.21. The largest absolute Gasteiger partial charge is 0.490 e. The van der Waals surface area contributed by atoms with E-state index in [9.17, 15) is 22.8 Å². The van der Waals surface area contributed by atoms with Crippen LogP contribution in [0.25, 0.3) is 11.1 Å². The second-order valence-electron chi connectivity index (χ2n) is 7.58. The van der Waals surface area contributed by atoms with Crippen LogP contribution in [0.1, 0.15) is 16.8 Å². The van der Waals surface area contributed by atoms with Crippen molar-refractivity contribution in [2.45, 2.75) is 24.7 Å². The molecule has 13 heteroatoms. The van der Waals surface area contributed by atoms with Crippen molar-refractivity contribution in [2.75, 3.05) is 36.7 Å². The van der Waals surface area contributed by atoms with Crippen LogP contribution in [0.3, 0.4) is 0 Å². The van der Waals surface area contributed by atoms with Crippen molar-refractivity contribution in [3.63, 3.8) is 0 Å². The Morgan fingerprint density at radius 2 is 1.78 bits per heavy atom. The van der Waals surface area contributed by atoms with Gasteiger partial charge in [0.05, 0.1) is 7.11 Å². The van der Waals surface area contributed by atoms with Crippen molar-refractivity contribution in [1.29, 1.82) is 0 Å². The number of halogens is 3. The number of hydrogen-bond donors (Lipinski definition) is 5. The Labute approximate surface area is 222 Å². The highest BCUT2D eigenvalue weighted by atomic mass is 32.2. The first-order chi connectivity index (χ1) is 17.4. The number of ether oxygens (including phenoxy) is 1. The standard InChI is InChI=1S/C22H29N3O3S2.C2HF3O2/c1-28-22(27)20(10-11-30-2)25-21(26)18-9-8-17(24-13-16(23)14-29)12-19(18)15-6-4-3-5-7-15;3-2(4,5)1(6)7/h3-9,12,16,20,24,29H,10-11,13-14,23H2,1-2H3,(H,25,26);(H,6,7). The Bertz CT molecular complexity index is 1030. The molecule has 0 radical (unpaired) electrons. The Balaban J connectivity index is 0.000000856. The fourth-order valence-electron chi connectivity index (χ4n) is 2.89. The van der Waals surface area contributed by atoms with Gasteiger partial charge in [0.25, 0.3) is 5.91 Å². The van der Waals surface area contributed by atoms with Gasteiger partial charge >= 0.3 is 18.1 Å². The van der Waals surface area contributed by atoms with Crippen molar-refractivity contribution in [2.24, 2.45) is 5.73 Å². The van der Waals surface area contributed by atoms with Crippen molar-refractivity contribution < 1.29 is 37.4 Å². The fraction of sp³-hybridized carbons (Fsp3) is 0.375. The minimum atomic E-state index is -5.08. The van der Waals surface area contributed by atoms with Crippen LogP contribution in [0.15, 0.2) is 48.5 Å². The first-order valence-electron chi connectivity index (χ1n) is 10.9. The number of benzene rings is 2. The van der Waals surface area contributed by atoms with Crippen molar-refractivity contribution in [3.05, 3.63) is 54.1 Å². The number of amides is 1. The zero-order valence-electron chi connectivity index (χ0n) is 20.2. The van der Waals surface area contributed by atoms with Crippen LogP contribution in [0.5, 0.6) is 0 Å². The van der Waals surface area contributed by atoms with E-state index in [1.165, 1.54) is 7.11 Å². The summed E-state index contributed by atoms with van der Waals surface area (Å²) in [4.78, 5) is 34.1. The number of aliphatic carboxylic acids is 1. The molecule has 0 aliphatic carbocycles. The lowest BCUT2D eigenvalue weighted by molar-refractivity contribution is -0.192.